The van der Waals surface area contributed by atoms with E-state index >= 15 is 0 Å². The van der Waals surface area contributed by atoms with Gasteiger partial charge >= 0.3 is 0 Å². The first kappa shape index (κ1) is 19.6. The molecular formula is C22H24ClN5O. The number of amides is 1. The fourth-order valence-electron chi connectivity index (χ4n) is 3.78. The molecule has 0 aliphatic rings. The number of aromatic nitrogens is 3. The molecule has 4 aromatic rings. The van der Waals surface area contributed by atoms with Gasteiger partial charge in [0.2, 0.25) is 0 Å². The number of rotatable bonds is 4. The van der Waals surface area contributed by atoms with Crippen LogP contribution in [0, 0.1) is 13.8 Å². The second-order valence-corrected chi connectivity index (χ2v) is 7.96. The normalized spacial score (nSPS) is 11.8. The van der Waals surface area contributed by atoms with Gasteiger partial charge in [-0.3, -0.25) is 9.80 Å². The van der Waals surface area contributed by atoms with Crippen molar-refractivity contribution in [3.63, 3.8) is 0 Å². The summed E-state index contributed by atoms with van der Waals surface area (Å²) in [5, 5.41) is 5.05. The van der Waals surface area contributed by atoms with Crippen molar-refractivity contribution >= 4 is 50.6 Å². The molecule has 0 fully saturated rings. The van der Waals surface area contributed by atoms with Crippen LogP contribution >= 0.6 is 11.6 Å². The number of hydrazine groups is 1. The summed E-state index contributed by atoms with van der Waals surface area (Å²) in [7, 11) is 3.73. The molecule has 0 radical (unpaired) electrons. The summed E-state index contributed by atoms with van der Waals surface area (Å²) < 4.78 is 1.94. The van der Waals surface area contributed by atoms with Crippen LogP contribution in [0.2, 0.25) is 5.02 Å². The third-order valence-electron chi connectivity index (χ3n) is 5.39. The van der Waals surface area contributed by atoms with Crippen molar-refractivity contribution in [1.29, 1.82) is 0 Å². The number of halogens is 1. The molecule has 2 aromatic heterocycles. The average molecular weight is 410 g/mol. The molecule has 0 aliphatic heterocycles. The van der Waals surface area contributed by atoms with Crippen molar-refractivity contribution in [2.45, 2.75) is 27.3 Å². The zero-order valence-corrected chi connectivity index (χ0v) is 18.1. The molecular weight excluding hydrogens is 386 g/mol. The van der Waals surface area contributed by atoms with Gasteiger partial charge in [-0.2, -0.15) is 0 Å². The summed E-state index contributed by atoms with van der Waals surface area (Å²) in [5.74, 6) is -0.00627. The predicted octanol–water partition coefficient (Wildman–Crippen LogP) is 4.33. The summed E-state index contributed by atoms with van der Waals surface area (Å²) in [6.45, 7) is 6.87. The van der Waals surface area contributed by atoms with Crippen molar-refractivity contribution < 1.29 is 4.79 Å². The molecule has 29 heavy (non-hydrogen) atoms. The second-order valence-electron chi connectivity index (χ2n) is 7.53. The Balaban J connectivity index is 1.99. The third-order valence-corrected chi connectivity index (χ3v) is 5.62. The van der Waals surface area contributed by atoms with E-state index in [1.54, 1.807) is 10.0 Å². The van der Waals surface area contributed by atoms with Gasteiger partial charge < -0.3 is 4.57 Å². The number of aryl methyl sites for hydroxylation is 2. The second kappa shape index (κ2) is 7.28. The van der Waals surface area contributed by atoms with Crippen LogP contribution in [0.3, 0.4) is 0 Å². The Morgan fingerprint density at radius 2 is 1.72 bits per heavy atom. The summed E-state index contributed by atoms with van der Waals surface area (Å²) in [6.07, 6.45) is 0. The number of carbonyl (C=O) groups is 1. The van der Waals surface area contributed by atoms with Crippen LogP contribution in [0.5, 0.6) is 0 Å². The standard InChI is InChI=1S/C22H24ClN5O/c1-6-28(26(4)5)20(29)12-27-19-8-7-15(23)11-16(19)21-22(27)25-18-10-14(3)13(2)9-17(18)24-21/h7-11H,6,12H2,1-5H3. The largest absolute Gasteiger partial charge is 0.314 e. The van der Waals surface area contributed by atoms with E-state index in [4.69, 9.17) is 21.6 Å². The summed E-state index contributed by atoms with van der Waals surface area (Å²) >= 11 is 6.27. The van der Waals surface area contributed by atoms with E-state index < -0.39 is 0 Å². The summed E-state index contributed by atoms with van der Waals surface area (Å²) in [4.78, 5) is 22.8. The number of likely N-dealkylation sites (N-methyl/N-ethyl adjacent to an activating group) is 1. The zero-order valence-electron chi connectivity index (χ0n) is 17.3. The highest BCUT2D eigenvalue weighted by molar-refractivity contribution is 6.31. The highest BCUT2D eigenvalue weighted by Crippen LogP contribution is 2.31. The van der Waals surface area contributed by atoms with E-state index in [0.717, 1.165) is 33.0 Å². The van der Waals surface area contributed by atoms with Gasteiger partial charge in [-0.05, 0) is 62.2 Å². The highest BCUT2D eigenvalue weighted by Gasteiger charge is 2.20. The van der Waals surface area contributed by atoms with Crippen molar-refractivity contribution in [2.24, 2.45) is 0 Å². The fourth-order valence-corrected chi connectivity index (χ4v) is 3.95. The predicted molar refractivity (Wildman–Crippen MR) is 118 cm³/mol. The van der Waals surface area contributed by atoms with Crippen molar-refractivity contribution in [3.8, 4) is 0 Å². The molecule has 6 nitrogen and oxygen atoms in total. The number of carbonyl (C=O) groups excluding carboxylic acids is 1. The van der Waals surface area contributed by atoms with Crippen LogP contribution in [-0.2, 0) is 11.3 Å². The molecule has 2 heterocycles. The summed E-state index contributed by atoms with van der Waals surface area (Å²) in [5.41, 5.74) is 6.36. The van der Waals surface area contributed by atoms with Crippen LogP contribution in [-0.4, -0.2) is 51.1 Å². The van der Waals surface area contributed by atoms with Crippen LogP contribution < -0.4 is 0 Å². The fraction of sp³-hybridized carbons (Fsp3) is 0.318. The van der Waals surface area contributed by atoms with E-state index in [1.165, 1.54) is 5.56 Å². The molecule has 1 amide bonds. The Morgan fingerprint density at radius 1 is 1.07 bits per heavy atom. The lowest BCUT2D eigenvalue weighted by atomic mass is 10.1. The molecule has 0 bridgehead atoms. The monoisotopic (exact) mass is 409 g/mol. The Bertz CT molecular complexity index is 1260. The number of benzene rings is 2. The maximum atomic E-state index is 13.0. The van der Waals surface area contributed by atoms with Gasteiger partial charge in [0.05, 0.1) is 16.6 Å². The quantitative estimate of drug-likeness (QED) is 0.471. The molecule has 0 spiro atoms. The molecule has 0 saturated heterocycles. The third kappa shape index (κ3) is 3.32. The minimum atomic E-state index is -0.00627. The van der Waals surface area contributed by atoms with Gasteiger partial charge in [0.25, 0.3) is 5.91 Å². The lowest BCUT2D eigenvalue weighted by Crippen LogP contribution is -2.43. The molecule has 7 heteroatoms. The first-order valence-electron chi connectivity index (χ1n) is 9.64. The lowest BCUT2D eigenvalue weighted by Gasteiger charge is -2.27. The SMILES string of the molecule is CCN(C(=O)Cn1c2ccc(Cl)cc2c2nc3cc(C)c(C)cc3nc21)N(C)C. The molecule has 4 rings (SSSR count). The van der Waals surface area contributed by atoms with Gasteiger partial charge in [-0.25, -0.2) is 15.0 Å². The van der Waals surface area contributed by atoms with E-state index in [2.05, 4.69) is 19.9 Å². The first-order chi connectivity index (χ1) is 13.8. The van der Waals surface area contributed by atoms with Crippen LogP contribution in [0.25, 0.3) is 33.1 Å². The molecule has 0 atom stereocenters. The molecule has 0 N–H and O–H groups in total. The molecule has 0 aliphatic carbocycles. The Morgan fingerprint density at radius 3 is 2.34 bits per heavy atom. The number of fused-ring (bicyclic) bond motifs is 4. The Kier molecular flexibility index (Phi) is 4.92. The van der Waals surface area contributed by atoms with Gasteiger partial charge in [0.15, 0.2) is 5.65 Å². The number of nitrogens with zero attached hydrogens (tertiary/aromatic N) is 5. The van der Waals surface area contributed by atoms with Crippen LogP contribution in [0.1, 0.15) is 18.1 Å². The minimum Gasteiger partial charge on any atom is -0.314 e. The molecule has 0 unspecified atom stereocenters. The maximum Gasteiger partial charge on any atom is 0.256 e. The molecule has 2 aromatic carbocycles. The van der Waals surface area contributed by atoms with Crippen LogP contribution in [0.4, 0.5) is 0 Å². The van der Waals surface area contributed by atoms with E-state index in [0.29, 0.717) is 17.2 Å². The topological polar surface area (TPSA) is 54.3 Å². The van der Waals surface area contributed by atoms with Crippen molar-refractivity contribution in [2.75, 3.05) is 20.6 Å². The van der Waals surface area contributed by atoms with Crippen molar-refractivity contribution in [1.82, 2.24) is 24.6 Å². The highest BCUT2D eigenvalue weighted by atomic mass is 35.5. The first-order valence-corrected chi connectivity index (χ1v) is 10.0. The van der Waals surface area contributed by atoms with Gasteiger partial charge in [-0.15, -0.1) is 0 Å². The molecule has 0 saturated carbocycles. The van der Waals surface area contributed by atoms with E-state index in [9.17, 15) is 4.79 Å². The maximum absolute atomic E-state index is 13.0. The van der Waals surface area contributed by atoms with Gasteiger partial charge in [0, 0.05) is 31.0 Å². The zero-order chi connectivity index (χ0) is 20.9. The minimum absolute atomic E-state index is 0.00627. The smallest absolute Gasteiger partial charge is 0.256 e. The van der Waals surface area contributed by atoms with E-state index in [1.807, 2.05) is 49.9 Å². The van der Waals surface area contributed by atoms with Crippen LogP contribution in [0.15, 0.2) is 30.3 Å². The Hall–Kier alpha value is -2.70. The number of hydrogen-bond acceptors (Lipinski definition) is 4. The average Bonchev–Trinajstić information content (AvgIpc) is 2.93. The Labute approximate surface area is 174 Å². The number of hydrogen-bond donors (Lipinski definition) is 0. The summed E-state index contributed by atoms with van der Waals surface area (Å²) in [6, 6.07) is 9.76. The van der Waals surface area contributed by atoms with E-state index in [-0.39, 0.29) is 12.5 Å². The van der Waals surface area contributed by atoms with Crippen molar-refractivity contribution in [3.05, 3.63) is 46.5 Å². The lowest BCUT2D eigenvalue weighted by molar-refractivity contribution is -0.144. The van der Waals surface area contributed by atoms with Gasteiger partial charge in [-0.1, -0.05) is 11.6 Å². The van der Waals surface area contributed by atoms with Gasteiger partial charge in [0.1, 0.15) is 12.1 Å². The molecule has 150 valence electrons.